The Kier molecular flexibility index (Phi) is 6.64. The van der Waals surface area contributed by atoms with Gasteiger partial charge in [-0.2, -0.15) is 13.2 Å². The van der Waals surface area contributed by atoms with Gasteiger partial charge in [0.05, 0.1) is 24.8 Å². The summed E-state index contributed by atoms with van der Waals surface area (Å²) in [4.78, 5) is 11.2. The van der Waals surface area contributed by atoms with Gasteiger partial charge >= 0.3 is 12.1 Å². The number of methoxy groups -OCH3 is 1. The second-order valence-corrected chi connectivity index (χ2v) is 4.28. The highest BCUT2D eigenvalue weighted by Crippen LogP contribution is 2.31. The Bertz CT molecular complexity index is 463. The lowest BCUT2D eigenvalue weighted by Gasteiger charge is -2.18. The number of halogens is 3. The van der Waals surface area contributed by atoms with Gasteiger partial charge in [-0.15, -0.1) is 0 Å². The lowest BCUT2D eigenvalue weighted by Crippen LogP contribution is -2.29. The quantitative estimate of drug-likeness (QED) is 0.787. The second-order valence-electron chi connectivity index (χ2n) is 4.28. The van der Waals surface area contributed by atoms with Crippen LogP contribution in [0.4, 0.5) is 13.2 Å². The van der Waals surface area contributed by atoms with Crippen molar-refractivity contribution in [2.45, 2.75) is 19.2 Å². The molecule has 0 saturated heterocycles. The maximum atomic E-state index is 12.7. The SMILES string of the molecule is CCOC(=O)CNCC(OC)c1cccc(C(F)(F)F)c1. The summed E-state index contributed by atoms with van der Waals surface area (Å²) in [6.45, 7) is 2.16. The van der Waals surface area contributed by atoms with Crippen LogP contribution in [0.5, 0.6) is 0 Å². The van der Waals surface area contributed by atoms with Gasteiger partial charge in [0.25, 0.3) is 0 Å². The van der Waals surface area contributed by atoms with E-state index in [9.17, 15) is 18.0 Å². The molecule has 1 aromatic rings. The highest BCUT2D eigenvalue weighted by molar-refractivity contribution is 5.71. The maximum Gasteiger partial charge on any atom is 0.416 e. The van der Waals surface area contributed by atoms with Crippen molar-refractivity contribution in [3.05, 3.63) is 35.4 Å². The molecule has 0 radical (unpaired) electrons. The van der Waals surface area contributed by atoms with E-state index in [1.165, 1.54) is 13.2 Å². The minimum atomic E-state index is -4.40. The van der Waals surface area contributed by atoms with Crippen LogP contribution >= 0.6 is 0 Å². The van der Waals surface area contributed by atoms with Gasteiger partial charge in [0.1, 0.15) is 0 Å². The summed E-state index contributed by atoms with van der Waals surface area (Å²) in [5, 5.41) is 2.80. The van der Waals surface area contributed by atoms with E-state index in [0.717, 1.165) is 12.1 Å². The molecule has 0 aromatic heterocycles. The lowest BCUT2D eigenvalue weighted by molar-refractivity contribution is -0.142. The molecule has 118 valence electrons. The third-order valence-corrected chi connectivity index (χ3v) is 2.77. The van der Waals surface area contributed by atoms with E-state index in [0.29, 0.717) is 5.56 Å². The number of nitrogens with one attached hydrogen (secondary N) is 1. The Morgan fingerprint density at radius 2 is 2.10 bits per heavy atom. The normalized spacial score (nSPS) is 13.0. The first-order chi connectivity index (χ1) is 9.88. The van der Waals surface area contributed by atoms with Gasteiger partial charge < -0.3 is 14.8 Å². The van der Waals surface area contributed by atoms with Crippen LogP contribution in [0, 0.1) is 0 Å². The number of hydrogen-bond acceptors (Lipinski definition) is 4. The van der Waals surface area contributed by atoms with Crippen LogP contribution in [0.2, 0.25) is 0 Å². The van der Waals surface area contributed by atoms with E-state index in [1.54, 1.807) is 13.0 Å². The molecule has 1 atom stereocenters. The first-order valence-corrected chi connectivity index (χ1v) is 6.44. The van der Waals surface area contributed by atoms with Crippen molar-refractivity contribution in [2.75, 3.05) is 26.8 Å². The third kappa shape index (κ3) is 5.73. The van der Waals surface area contributed by atoms with Crippen molar-refractivity contribution in [1.29, 1.82) is 0 Å². The molecule has 21 heavy (non-hydrogen) atoms. The average molecular weight is 305 g/mol. The molecule has 0 bridgehead atoms. The molecule has 0 aliphatic heterocycles. The average Bonchev–Trinajstić information content (AvgIpc) is 2.43. The van der Waals surface area contributed by atoms with E-state index in [2.05, 4.69) is 5.32 Å². The minimum Gasteiger partial charge on any atom is -0.465 e. The van der Waals surface area contributed by atoms with Gasteiger partial charge in [0.15, 0.2) is 0 Å². The first kappa shape index (κ1) is 17.5. The zero-order valence-corrected chi connectivity index (χ0v) is 11.9. The summed E-state index contributed by atoms with van der Waals surface area (Å²) in [5.74, 6) is -0.420. The summed E-state index contributed by atoms with van der Waals surface area (Å²) in [7, 11) is 1.40. The van der Waals surface area contributed by atoms with Gasteiger partial charge in [0, 0.05) is 13.7 Å². The van der Waals surface area contributed by atoms with E-state index in [1.807, 2.05) is 0 Å². The number of benzene rings is 1. The summed E-state index contributed by atoms with van der Waals surface area (Å²) in [6, 6.07) is 4.92. The molecular weight excluding hydrogens is 287 g/mol. The van der Waals surface area contributed by atoms with Crippen LogP contribution in [-0.4, -0.2) is 32.8 Å². The summed E-state index contributed by atoms with van der Waals surface area (Å²) in [5.41, 5.74) is -0.337. The molecular formula is C14H18F3NO3. The zero-order chi connectivity index (χ0) is 15.9. The highest BCUT2D eigenvalue weighted by atomic mass is 19.4. The van der Waals surface area contributed by atoms with Crippen molar-refractivity contribution < 1.29 is 27.4 Å². The number of carbonyl (C=O) groups excluding carboxylic acids is 1. The number of hydrogen-bond donors (Lipinski definition) is 1. The Morgan fingerprint density at radius 3 is 2.67 bits per heavy atom. The summed E-state index contributed by atoms with van der Waals surface area (Å²) >= 11 is 0. The van der Waals surface area contributed by atoms with Crippen molar-refractivity contribution in [1.82, 2.24) is 5.32 Å². The molecule has 0 fully saturated rings. The summed E-state index contributed by atoms with van der Waals surface area (Å²) < 4.78 is 47.9. The van der Waals surface area contributed by atoms with Crippen LogP contribution in [-0.2, 0) is 20.4 Å². The fraction of sp³-hybridized carbons (Fsp3) is 0.500. The Labute approximate surface area is 121 Å². The van der Waals surface area contributed by atoms with Crippen molar-refractivity contribution >= 4 is 5.97 Å². The van der Waals surface area contributed by atoms with E-state index >= 15 is 0 Å². The van der Waals surface area contributed by atoms with E-state index < -0.39 is 23.8 Å². The monoisotopic (exact) mass is 305 g/mol. The van der Waals surface area contributed by atoms with E-state index in [4.69, 9.17) is 9.47 Å². The predicted octanol–water partition coefficient (Wildman–Crippen LogP) is 2.55. The van der Waals surface area contributed by atoms with Crippen LogP contribution in [0.15, 0.2) is 24.3 Å². The standard InChI is InChI=1S/C14H18F3NO3/c1-3-21-13(19)9-18-8-12(20-2)10-5-4-6-11(7-10)14(15,16)17/h4-7,12,18H,3,8-9H2,1-2H3. The van der Waals surface area contributed by atoms with Gasteiger partial charge in [-0.3, -0.25) is 4.79 Å². The molecule has 0 spiro atoms. The fourth-order valence-electron chi connectivity index (χ4n) is 1.77. The molecule has 0 aliphatic rings. The van der Waals surface area contributed by atoms with Crippen LogP contribution in [0.3, 0.4) is 0 Å². The predicted molar refractivity (Wildman–Crippen MR) is 70.7 cm³/mol. The molecule has 1 aromatic carbocycles. The minimum absolute atomic E-state index is 0.0212. The number of alkyl halides is 3. The van der Waals surface area contributed by atoms with Gasteiger partial charge in [-0.1, -0.05) is 12.1 Å². The molecule has 1 rings (SSSR count). The van der Waals surface area contributed by atoms with Crippen molar-refractivity contribution in [2.24, 2.45) is 0 Å². The number of carbonyl (C=O) groups is 1. The van der Waals surface area contributed by atoms with Crippen molar-refractivity contribution in [3.8, 4) is 0 Å². The topological polar surface area (TPSA) is 47.6 Å². The summed E-state index contributed by atoms with van der Waals surface area (Å²) in [6.07, 6.45) is -4.98. The van der Waals surface area contributed by atoms with E-state index in [-0.39, 0.29) is 19.7 Å². The lowest BCUT2D eigenvalue weighted by atomic mass is 10.1. The molecule has 0 aliphatic carbocycles. The largest absolute Gasteiger partial charge is 0.465 e. The molecule has 4 nitrogen and oxygen atoms in total. The van der Waals surface area contributed by atoms with Gasteiger partial charge in [-0.25, -0.2) is 0 Å². The Hall–Kier alpha value is -1.60. The molecule has 0 saturated carbocycles. The van der Waals surface area contributed by atoms with Crippen LogP contribution < -0.4 is 5.32 Å². The Balaban J connectivity index is 2.66. The zero-order valence-electron chi connectivity index (χ0n) is 11.9. The van der Waals surface area contributed by atoms with Gasteiger partial charge in [0.2, 0.25) is 0 Å². The van der Waals surface area contributed by atoms with Crippen LogP contribution in [0.25, 0.3) is 0 Å². The highest BCUT2D eigenvalue weighted by Gasteiger charge is 2.31. The molecule has 1 unspecified atom stereocenters. The number of ether oxygens (including phenoxy) is 2. The number of esters is 1. The molecule has 7 heteroatoms. The fourth-order valence-corrected chi connectivity index (χ4v) is 1.77. The molecule has 1 N–H and O–H groups in total. The maximum absolute atomic E-state index is 12.7. The molecule has 0 amide bonds. The molecule has 0 heterocycles. The van der Waals surface area contributed by atoms with Crippen molar-refractivity contribution in [3.63, 3.8) is 0 Å². The number of rotatable bonds is 7. The van der Waals surface area contributed by atoms with Crippen LogP contribution in [0.1, 0.15) is 24.2 Å². The Morgan fingerprint density at radius 1 is 1.38 bits per heavy atom. The third-order valence-electron chi connectivity index (χ3n) is 2.77. The smallest absolute Gasteiger partial charge is 0.416 e. The van der Waals surface area contributed by atoms with Gasteiger partial charge in [-0.05, 0) is 24.6 Å². The first-order valence-electron chi connectivity index (χ1n) is 6.44. The second kappa shape index (κ2) is 7.99.